The smallest absolute Gasteiger partial charge is 0.306 e. The van der Waals surface area contributed by atoms with Crippen LogP contribution in [0.15, 0.2) is 0 Å². The average molecular weight is 201 g/mol. The molecule has 1 aliphatic heterocycles. The molecule has 1 saturated heterocycles. The second-order valence-corrected chi connectivity index (χ2v) is 4.43. The third-order valence-corrected chi connectivity index (χ3v) is 3.20. The highest BCUT2D eigenvalue weighted by atomic mass is 16.4. The van der Waals surface area contributed by atoms with E-state index in [1.807, 2.05) is 6.92 Å². The summed E-state index contributed by atoms with van der Waals surface area (Å²) in [6, 6.07) is 0.284. The lowest BCUT2D eigenvalue weighted by Gasteiger charge is -2.32. The molecule has 0 aliphatic carbocycles. The van der Waals surface area contributed by atoms with Crippen molar-refractivity contribution in [1.29, 1.82) is 0 Å². The standard InChI is InChI=1S/C10H19NO3/c1-7(2)11-5-4-10(14,8(11)3)6-9(12)13/h7-8,14H,4-6H2,1-3H3,(H,12,13). The molecule has 0 bridgehead atoms. The summed E-state index contributed by atoms with van der Waals surface area (Å²) >= 11 is 0. The van der Waals surface area contributed by atoms with Gasteiger partial charge in [0.2, 0.25) is 0 Å². The van der Waals surface area contributed by atoms with Crippen LogP contribution in [-0.2, 0) is 4.79 Å². The van der Waals surface area contributed by atoms with Gasteiger partial charge in [0.25, 0.3) is 0 Å². The van der Waals surface area contributed by atoms with E-state index in [0.717, 1.165) is 6.54 Å². The number of carboxylic acids is 1. The molecule has 1 fully saturated rings. The molecule has 0 spiro atoms. The van der Waals surface area contributed by atoms with Crippen molar-refractivity contribution in [3.05, 3.63) is 0 Å². The Bertz CT molecular complexity index is 229. The quantitative estimate of drug-likeness (QED) is 0.705. The number of carbonyl (C=O) groups is 1. The fourth-order valence-corrected chi connectivity index (χ4v) is 2.24. The van der Waals surface area contributed by atoms with Gasteiger partial charge in [-0.3, -0.25) is 9.69 Å². The van der Waals surface area contributed by atoms with E-state index in [1.165, 1.54) is 0 Å². The molecule has 0 aromatic carbocycles. The van der Waals surface area contributed by atoms with Crippen molar-refractivity contribution in [2.24, 2.45) is 0 Å². The Labute approximate surface area is 84.5 Å². The lowest BCUT2D eigenvalue weighted by Crippen LogP contribution is -2.46. The third kappa shape index (κ3) is 2.07. The van der Waals surface area contributed by atoms with Gasteiger partial charge in [-0.2, -0.15) is 0 Å². The Balaban J connectivity index is 2.70. The molecule has 0 aromatic rings. The van der Waals surface area contributed by atoms with E-state index < -0.39 is 11.6 Å². The van der Waals surface area contributed by atoms with E-state index >= 15 is 0 Å². The van der Waals surface area contributed by atoms with Gasteiger partial charge in [-0.05, 0) is 27.2 Å². The van der Waals surface area contributed by atoms with Crippen LogP contribution >= 0.6 is 0 Å². The summed E-state index contributed by atoms with van der Waals surface area (Å²) in [4.78, 5) is 12.7. The summed E-state index contributed by atoms with van der Waals surface area (Å²) < 4.78 is 0. The Hall–Kier alpha value is -0.610. The average Bonchev–Trinajstić information content (AvgIpc) is 2.27. The minimum absolute atomic E-state index is 0.0707. The summed E-state index contributed by atoms with van der Waals surface area (Å²) in [5.41, 5.74) is -1.05. The first-order valence-corrected chi connectivity index (χ1v) is 5.07. The zero-order chi connectivity index (χ0) is 10.9. The Morgan fingerprint density at radius 3 is 2.57 bits per heavy atom. The van der Waals surface area contributed by atoms with Crippen LogP contribution in [-0.4, -0.2) is 45.3 Å². The maximum absolute atomic E-state index is 10.6. The van der Waals surface area contributed by atoms with Crippen LogP contribution in [0.3, 0.4) is 0 Å². The van der Waals surface area contributed by atoms with Crippen molar-refractivity contribution in [3.8, 4) is 0 Å². The number of carboxylic acid groups (broad SMARTS) is 1. The van der Waals surface area contributed by atoms with Crippen LogP contribution in [0.4, 0.5) is 0 Å². The van der Waals surface area contributed by atoms with E-state index in [1.54, 1.807) is 0 Å². The monoisotopic (exact) mass is 201 g/mol. The maximum Gasteiger partial charge on any atom is 0.306 e. The highest BCUT2D eigenvalue weighted by Gasteiger charge is 2.45. The number of aliphatic hydroxyl groups is 1. The van der Waals surface area contributed by atoms with Gasteiger partial charge >= 0.3 is 5.97 Å². The molecule has 0 amide bonds. The van der Waals surface area contributed by atoms with Gasteiger partial charge in [0, 0.05) is 18.6 Å². The van der Waals surface area contributed by atoms with Crippen LogP contribution in [0.1, 0.15) is 33.6 Å². The molecular weight excluding hydrogens is 182 g/mol. The van der Waals surface area contributed by atoms with Crippen molar-refractivity contribution >= 4 is 5.97 Å². The van der Waals surface area contributed by atoms with Gasteiger partial charge in [0.15, 0.2) is 0 Å². The van der Waals surface area contributed by atoms with Crippen LogP contribution < -0.4 is 0 Å². The van der Waals surface area contributed by atoms with Crippen molar-refractivity contribution < 1.29 is 15.0 Å². The van der Waals surface area contributed by atoms with E-state index in [0.29, 0.717) is 12.5 Å². The normalized spacial score (nSPS) is 33.9. The molecule has 4 nitrogen and oxygen atoms in total. The van der Waals surface area contributed by atoms with E-state index in [4.69, 9.17) is 5.11 Å². The molecule has 2 unspecified atom stereocenters. The van der Waals surface area contributed by atoms with E-state index in [-0.39, 0.29) is 12.5 Å². The molecule has 2 atom stereocenters. The molecule has 14 heavy (non-hydrogen) atoms. The van der Waals surface area contributed by atoms with Crippen molar-refractivity contribution in [2.75, 3.05) is 6.54 Å². The van der Waals surface area contributed by atoms with E-state index in [2.05, 4.69) is 18.7 Å². The van der Waals surface area contributed by atoms with Gasteiger partial charge in [-0.25, -0.2) is 0 Å². The van der Waals surface area contributed by atoms with Crippen LogP contribution in [0.25, 0.3) is 0 Å². The molecule has 0 saturated carbocycles. The number of rotatable bonds is 3. The largest absolute Gasteiger partial charge is 0.481 e. The van der Waals surface area contributed by atoms with Gasteiger partial charge in [0.1, 0.15) is 0 Å². The predicted octanol–water partition coefficient (Wildman–Crippen LogP) is 0.695. The first-order chi connectivity index (χ1) is 6.37. The number of aliphatic carboxylic acids is 1. The highest BCUT2D eigenvalue weighted by molar-refractivity contribution is 5.68. The molecule has 82 valence electrons. The van der Waals surface area contributed by atoms with Crippen LogP contribution in [0.2, 0.25) is 0 Å². The third-order valence-electron chi connectivity index (χ3n) is 3.20. The molecule has 1 rings (SSSR count). The summed E-state index contributed by atoms with van der Waals surface area (Å²) in [6.07, 6.45) is 0.399. The van der Waals surface area contributed by atoms with Gasteiger partial charge in [-0.1, -0.05) is 0 Å². The first kappa shape index (κ1) is 11.5. The lowest BCUT2D eigenvalue weighted by molar-refractivity contribution is -0.143. The number of likely N-dealkylation sites (tertiary alicyclic amines) is 1. The second-order valence-electron chi connectivity index (χ2n) is 4.43. The fourth-order valence-electron chi connectivity index (χ4n) is 2.24. The topological polar surface area (TPSA) is 60.8 Å². The van der Waals surface area contributed by atoms with Crippen LogP contribution in [0, 0.1) is 0 Å². The van der Waals surface area contributed by atoms with Crippen molar-refractivity contribution in [2.45, 2.75) is 51.3 Å². The first-order valence-electron chi connectivity index (χ1n) is 5.07. The van der Waals surface area contributed by atoms with E-state index in [9.17, 15) is 9.90 Å². The number of hydrogen-bond donors (Lipinski definition) is 2. The second kappa shape index (κ2) is 3.87. The number of hydrogen-bond acceptors (Lipinski definition) is 3. The molecule has 0 radical (unpaired) electrons. The maximum atomic E-state index is 10.6. The Kier molecular flexibility index (Phi) is 3.17. The molecule has 0 aromatic heterocycles. The summed E-state index contributed by atoms with van der Waals surface area (Å²) in [6.45, 7) is 6.80. The van der Waals surface area contributed by atoms with Gasteiger partial charge in [0.05, 0.1) is 12.0 Å². The SMILES string of the molecule is CC(C)N1CCC(O)(CC(=O)O)C1C. The molecule has 1 aliphatic rings. The Morgan fingerprint density at radius 1 is 1.64 bits per heavy atom. The summed E-state index contributed by atoms with van der Waals surface area (Å²) in [5.74, 6) is -0.926. The lowest BCUT2D eigenvalue weighted by atomic mass is 9.92. The molecule has 4 heteroatoms. The summed E-state index contributed by atoms with van der Waals surface area (Å²) in [5, 5.41) is 18.8. The minimum Gasteiger partial charge on any atom is -0.481 e. The zero-order valence-corrected chi connectivity index (χ0v) is 9.03. The van der Waals surface area contributed by atoms with Gasteiger partial charge < -0.3 is 10.2 Å². The molecular formula is C10H19NO3. The zero-order valence-electron chi connectivity index (χ0n) is 9.03. The number of nitrogens with zero attached hydrogens (tertiary/aromatic N) is 1. The van der Waals surface area contributed by atoms with Crippen molar-refractivity contribution in [3.63, 3.8) is 0 Å². The molecule has 2 N–H and O–H groups in total. The fraction of sp³-hybridized carbons (Fsp3) is 0.900. The summed E-state index contributed by atoms with van der Waals surface area (Å²) in [7, 11) is 0. The predicted molar refractivity (Wildman–Crippen MR) is 53.1 cm³/mol. The van der Waals surface area contributed by atoms with Crippen molar-refractivity contribution in [1.82, 2.24) is 4.90 Å². The van der Waals surface area contributed by atoms with Gasteiger partial charge in [-0.15, -0.1) is 0 Å². The minimum atomic E-state index is -1.05. The van der Waals surface area contributed by atoms with Crippen LogP contribution in [0.5, 0.6) is 0 Å². The molecule has 1 heterocycles. The highest BCUT2D eigenvalue weighted by Crippen LogP contribution is 2.32. The Morgan fingerprint density at radius 2 is 2.21 bits per heavy atom.